The maximum Gasteiger partial charge on any atom is 0.195 e. The van der Waals surface area contributed by atoms with E-state index in [0.717, 1.165) is 35.5 Å². The first kappa shape index (κ1) is 13.6. The van der Waals surface area contributed by atoms with Gasteiger partial charge in [0.05, 0.1) is 0 Å². The van der Waals surface area contributed by atoms with Gasteiger partial charge in [-0.3, -0.25) is 0 Å². The zero-order valence-corrected chi connectivity index (χ0v) is 12.2. The van der Waals surface area contributed by atoms with E-state index >= 15 is 0 Å². The summed E-state index contributed by atoms with van der Waals surface area (Å²) in [6.07, 6.45) is 1.68. The van der Waals surface area contributed by atoms with E-state index in [1.54, 1.807) is 0 Å². The number of nitrogens with zero attached hydrogens (tertiary/aromatic N) is 1. The summed E-state index contributed by atoms with van der Waals surface area (Å²) in [5.74, 6) is 0.737. The number of benzene rings is 2. The van der Waals surface area contributed by atoms with Crippen molar-refractivity contribution in [2.75, 3.05) is 5.32 Å². The summed E-state index contributed by atoms with van der Waals surface area (Å²) in [5, 5.41) is 3.13. The van der Waals surface area contributed by atoms with Crippen LogP contribution in [0.3, 0.4) is 0 Å². The number of aromatic nitrogens is 1. The van der Waals surface area contributed by atoms with Gasteiger partial charge in [-0.1, -0.05) is 30.3 Å². The van der Waals surface area contributed by atoms with Crippen LogP contribution in [0.15, 0.2) is 52.9 Å². The van der Waals surface area contributed by atoms with E-state index in [9.17, 15) is 0 Å². The minimum atomic E-state index is 0.238. The molecule has 0 atom stereocenters. The highest BCUT2D eigenvalue weighted by Crippen LogP contribution is 2.20. The molecule has 0 fully saturated rings. The number of hydrogen-bond donors (Lipinski definition) is 2. The summed E-state index contributed by atoms with van der Waals surface area (Å²) in [7, 11) is 0. The van der Waals surface area contributed by atoms with Crippen molar-refractivity contribution < 1.29 is 4.42 Å². The first-order chi connectivity index (χ1) is 10.2. The largest absolute Gasteiger partial charge is 0.441 e. The number of oxazole rings is 1. The lowest BCUT2D eigenvalue weighted by Crippen LogP contribution is -2.18. The van der Waals surface area contributed by atoms with Gasteiger partial charge in [0.25, 0.3) is 0 Å². The Labute approximate surface area is 128 Å². The quantitative estimate of drug-likeness (QED) is 0.724. The molecule has 0 saturated heterocycles. The Morgan fingerprint density at radius 1 is 1.14 bits per heavy atom. The molecule has 3 aromatic rings. The third-order valence-corrected chi connectivity index (χ3v) is 3.27. The van der Waals surface area contributed by atoms with Crippen LogP contribution >= 0.6 is 12.2 Å². The van der Waals surface area contributed by atoms with Gasteiger partial charge in [-0.2, -0.15) is 0 Å². The van der Waals surface area contributed by atoms with Crippen molar-refractivity contribution in [3.05, 3.63) is 60.0 Å². The maximum atomic E-state index is 5.75. The first-order valence-electron chi connectivity index (χ1n) is 6.70. The minimum absolute atomic E-state index is 0.238. The van der Waals surface area contributed by atoms with Crippen LogP contribution < -0.4 is 11.1 Å². The second-order valence-corrected chi connectivity index (χ2v) is 5.20. The zero-order chi connectivity index (χ0) is 14.7. The van der Waals surface area contributed by atoms with Gasteiger partial charge in [-0.15, -0.1) is 0 Å². The Morgan fingerprint density at radius 2 is 1.95 bits per heavy atom. The van der Waals surface area contributed by atoms with E-state index < -0.39 is 0 Å². The van der Waals surface area contributed by atoms with Crippen LogP contribution in [0.4, 0.5) is 5.69 Å². The number of anilines is 1. The molecule has 3 rings (SSSR count). The lowest BCUT2D eigenvalue weighted by Gasteiger charge is -2.01. The van der Waals surface area contributed by atoms with Crippen LogP contribution in [0.5, 0.6) is 0 Å². The number of aryl methyl sites for hydroxylation is 2. The Bertz CT molecular complexity index is 768. The molecule has 4 nitrogen and oxygen atoms in total. The molecule has 0 aliphatic heterocycles. The van der Waals surface area contributed by atoms with Crippen LogP contribution in [-0.2, 0) is 12.8 Å². The second kappa shape index (κ2) is 5.93. The summed E-state index contributed by atoms with van der Waals surface area (Å²) < 4.78 is 5.75. The maximum absolute atomic E-state index is 5.75. The van der Waals surface area contributed by atoms with E-state index in [2.05, 4.69) is 22.4 Å². The molecule has 0 unspecified atom stereocenters. The summed E-state index contributed by atoms with van der Waals surface area (Å²) >= 11 is 4.82. The monoisotopic (exact) mass is 297 g/mol. The standard InChI is InChI=1S/C16H15N3OS/c17-16(21)18-12-7-8-14-13(10-12)19-15(20-14)9-6-11-4-2-1-3-5-11/h1-5,7-8,10H,6,9H2,(H3,17,18,21). The number of hydrogen-bond acceptors (Lipinski definition) is 3. The molecule has 0 aliphatic rings. The van der Waals surface area contributed by atoms with Crippen molar-refractivity contribution >= 4 is 34.1 Å². The first-order valence-corrected chi connectivity index (χ1v) is 7.11. The molecule has 1 aromatic heterocycles. The molecule has 0 spiro atoms. The van der Waals surface area contributed by atoms with Crippen LogP contribution in [0.25, 0.3) is 11.1 Å². The van der Waals surface area contributed by atoms with Gasteiger partial charge in [0.2, 0.25) is 0 Å². The van der Waals surface area contributed by atoms with E-state index in [-0.39, 0.29) is 5.11 Å². The van der Waals surface area contributed by atoms with Crippen molar-refractivity contribution in [2.45, 2.75) is 12.8 Å². The molecule has 21 heavy (non-hydrogen) atoms. The summed E-state index contributed by atoms with van der Waals surface area (Å²) in [4.78, 5) is 4.50. The van der Waals surface area contributed by atoms with Crippen molar-refractivity contribution in [1.82, 2.24) is 4.98 Å². The predicted molar refractivity (Wildman–Crippen MR) is 88.3 cm³/mol. The number of nitrogens with two attached hydrogens (primary N) is 1. The third kappa shape index (κ3) is 3.38. The van der Waals surface area contributed by atoms with Crippen LogP contribution in [0, 0.1) is 0 Å². The Morgan fingerprint density at radius 3 is 2.71 bits per heavy atom. The fraction of sp³-hybridized carbons (Fsp3) is 0.125. The van der Waals surface area contributed by atoms with Gasteiger partial charge < -0.3 is 15.5 Å². The molecular weight excluding hydrogens is 282 g/mol. The lowest BCUT2D eigenvalue weighted by atomic mass is 10.1. The van der Waals surface area contributed by atoms with Gasteiger partial charge in [-0.05, 0) is 42.4 Å². The Balaban J connectivity index is 1.76. The van der Waals surface area contributed by atoms with Gasteiger partial charge in [0, 0.05) is 12.1 Å². The smallest absolute Gasteiger partial charge is 0.195 e. The fourth-order valence-corrected chi connectivity index (χ4v) is 2.32. The number of thiocarbonyl (C=S) groups is 1. The van der Waals surface area contributed by atoms with Crippen molar-refractivity contribution in [3.63, 3.8) is 0 Å². The Hall–Kier alpha value is -2.40. The molecule has 5 heteroatoms. The highest BCUT2D eigenvalue weighted by molar-refractivity contribution is 7.80. The lowest BCUT2D eigenvalue weighted by molar-refractivity contribution is 0.528. The number of rotatable bonds is 4. The van der Waals surface area contributed by atoms with Crippen molar-refractivity contribution in [2.24, 2.45) is 5.73 Å². The molecule has 3 N–H and O–H groups in total. The molecule has 0 radical (unpaired) electrons. The summed E-state index contributed by atoms with van der Waals surface area (Å²) in [6, 6.07) is 15.9. The average Bonchev–Trinajstić information content (AvgIpc) is 2.88. The molecule has 0 amide bonds. The van der Waals surface area contributed by atoms with Crippen LogP contribution in [0.2, 0.25) is 0 Å². The molecule has 106 valence electrons. The fourth-order valence-electron chi connectivity index (χ4n) is 2.20. The third-order valence-electron chi connectivity index (χ3n) is 3.17. The molecule has 1 heterocycles. The minimum Gasteiger partial charge on any atom is -0.441 e. The van der Waals surface area contributed by atoms with Crippen molar-refractivity contribution in [1.29, 1.82) is 0 Å². The van der Waals surface area contributed by atoms with Gasteiger partial charge >= 0.3 is 0 Å². The van der Waals surface area contributed by atoms with E-state index in [1.807, 2.05) is 36.4 Å². The predicted octanol–water partition coefficient (Wildman–Crippen LogP) is 3.27. The van der Waals surface area contributed by atoms with Gasteiger partial charge in [0.1, 0.15) is 5.52 Å². The molecule has 0 bridgehead atoms. The SMILES string of the molecule is NC(=S)Nc1ccc2oc(CCc3ccccc3)nc2c1. The van der Waals surface area contributed by atoms with Crippen LogP contribution in [-0.4, -0.2) is 10.1 Å². The summed E-state index contributed by atoms with van der Waals surface area (Å²) in [5.41, 5.74) is 9.13. The van der Waals surface area contributed by atoms with Gasteiger partial charge in [-0.25, -0.2) is 4.98 Å². The van der Waals surface area contributed by atoms with Gasteiger partial charge in [0.15, 0.2) is 16.6 Å². The second-order valence-electron chi connectivity index (χ2n) is 4.76. The number of nitrogens with one attached hydrogen (secondary N) is 1. The molecular formula is C16H15N3OS. The van der Waals surface area contributed by atoms with Crippen molar-refractivity contribution in [3.8, 4) is 0 Å². The highest BCUT2D eigenvalue weighted by atomic mass is 32.1. The molecule has 0 aliphatic carbocycles. The van der Waals surface area contributed by atoms with E-state index in [0.29, 0.717) is 0 Å². The zero-order valence-electron chi connectivity index (χ0n) is 11.4. The molecule has 0 saturated carbocycles. The topological polar surface area (TPSA) is 64.1 Å². The normalized spacial score (nSPS) is 10.7. The molecule has 2 aromatic carbocycles. The van der Waals surface area contributed by atoms with Crippen LogP contribution in [0.1, 0.15) is 11.5 Å². The Kier molecular flexibility index (Phi) is 3.83. The van der Waals surface area contributed by atoms with E-state index in [1.165, 1.54) is 5.56 Å². The average molecular weight is 297 g/mol. The number of fused-ring (bicyclic) bond motifs is 1. The van der Waals surface area contributed by atoms with E-state index in [4.69, 9.17) is 22.4 Å². The summed E-state index contributed by atoms with van der Waals surface area (Å²) in [6.45, 7) is 0. The highest BCUT2D eigenvalue weighted by Gasteiger charge is 2.07.